The Labute approximate surface area is 134 Å². The molecule has 1 amide bonds. The lowest BCUT2D eigenvalue weighted by Gasteiger charge is -2.43. The first kappa shape index (κ1) is 14.5. The molecule has 5 heteroatoms. The summed E-state index contributed by atoms with van der Waals surface area (Å²) in [6.07, 6.45) is 5.91. The number of ether oxygens (including phenoxy) is 1. The number of fused-ring (bicyclic) bond motifs is 2. The number of pyridine rings is 1. The molecule has 120 valence electrons. The number of amides is 1. The van der Waals surface area contributed by atoms with Crippen molar-refractivity contribution in [1.29, 1.82) is 0 Å². The van der Waals surface area contributed by atoms with E-state index in [2.05, 4.69) is 4.98 Å². The molecule has 2 aliphatic rings. The van der Waals surface area contributed by atoms with Crippen LogP contribution in [0.15, 0.2) is 35.3 Å². The predicted molar refractivity (Wildman–Crippen MR) is 87.6 cm³/mol. The van der Waals surface area contributed by atoms with Crippen LogP contribution in [0.3, 0.4) is 0 Å². The molecule has 2 atom stereocenters. The Morgan fingerprint density at radius 3 is 2.96 bits per heavy atom. The number of aromatic nitrogens is 1. The number of morpholine rings is 1. The average Bonchev–Trinajstić information content (AvgIpc) is 2.61. The smallest absolute Gasteiger partial charge is 0.259 e. The van der Waals surface area contributed by atoms with Crippen molar-refractivity contribution in [2.75, 3.05) is 13.2 Å². The summed E-state index contributed by atoms with van der Waals surface area (Å²) in [5.74, 6) is -0.169. The van der Waals surface area contributed by atoms with Gasteiger partial charge in [0, 0.05) is 23.6 Å². The highest BCUT2D eigenvalue weighted by atomic mass is 16.5. The van der Waals surface area contributed by atoms with Crippen LogP contribution in [0.5, 0.6) is 0 Å². The number of H-pyrrole nitrogens is 1. The topological polar surface area (TPSA) is 62.4 Å². The number of carbonyl (C=O) groups excluding carboxylic acids is 1. The van der Waals surface area contributed by atoms with E-state index in [9.17, 15) is 9.59 Å². The first-order valence-corrected chi connectivity index (χ1v) is 8.29. The SMILES string of the molecule is O=C(c1c[nH]c2ccccc2c1=O)N1CCO[C@H]2CCCC[C@@H]21. The highest BCUT2D eigenvalue weighted by Gasteiger charge is 2.37. The number of carbonyl (C=O) groups is 1. The second-order valence-electron chi connectivity index (χ2n) is 6.34. The van der Waals surface area contributed by atoms with Crippen LogP contribution in [0.25, 0.3) is 10.9 Å². The van der Waals surface area contributed by atoms with Crippen molar-refractivity contribution in [3.8, 4) is 0 Å². The van der Waals surface area contributed by atoms with Gasteiger partial charge in [-0.2, -0.15) is 0 Å². The lowest BCUT2D eigenvalue weighted by Crippen LogP contribution is -2.55. The fourth-order valence-corrected chi connectivity index (χ4v) is 3.83. The zero-order chi connectivity index (χ0) is 15.8. The monoisotopic (exact) mass is 312 g/mol. The summed E-state index contributed by atoms with van der Waals surface area (Å²) in [4.78, 5) is 30.6. The molecule has 1 aliphatic carbocycles. The maximum atomic E-state index is 13.0. The summed E-state index contributed by atoms with van der Waals surface area (Å²) >= 11 is 0. The lowest BCUT2D eigenvalue weighted by molar-refractivity contribution is -0.0753. The molecule has 5 nitrogen and oxygen atoms in total. The van der Waals surface area contributed by atoms with Gasteiger partial charge in [-0.05, 0) is 25.0 Å². The quantitative estimate of drug-likeness (QED) is 0.879. The molecule has 1 aromatic heterocycles. The normalized spacial score (nSPS) is 24.4. The van der Waals surface area contributed by atoms with Crippen molar-refractivity contribution < 1.29 is 9.53 Å². The van der Waals surface area contributed by atoms with Gasteiger partial charge in [0.05, 0.1) is 18.8 Å². The fourth-order valence-electron chi connectivity index (χ4n) is 3.83. The lowest BCUT2D eigenvalue weighted by atomic mass is 9.89. The molecule has 0 bridgehead atoms. The number of nitrogens with one attached hydrogen (secondary N) is 1. The summed E-state index contributed by atoms with van der Waals surface area (Å²) in [6, 6.07) is 7.40. The van der Waals surface area contributed by atoms with Gasteiger partial charge < -0.3 is 14.6 Å². The van der Waals surface area contributed by atoms with Crippen LogP contribution < -0.4 is 5.43 Å². The van der Waals surface area contributed by atoms with Gasteiger partial charge in [-0.1, -0.05) is 25.0 Å². The number of rotatable bonds is 1. The van der Waals surface area contributed by atoms with Crippen LogP contribution in [-0.4, -0.2) is 41.1 Å². The van der Waals surface area contributed by atoms with Crippen LogP contribution in [-0.2, 0) is 4.74 Å². The van der Waals surface area contributed by atoms with Crippen molar-refractivity contribution >= 4 is 16.8 Å². The molecule has 23 heavy (non-hydrogen) atoms. The van der Waals surface area contributed by atoms with Gasteiger partial charge in [0.15, 0.2) is 0 Å². The molecule has 4 rings (SSSR count). The van der Waals surface area contributed by atoms with E-state index in [1.165, 1.54) is 0 Å². The number of nitrogens with zero attached hydrogens (tertiary/aromatic N) is 1. The van der Waals surface area contributed by atoms with Gasteiger partial charge in [-0.15, -0.1) is 0 Å². The maximum Gasteiger partial charge on any atom is 0.259 e. The van der Waals surface area contributed by atoms with E-state index in [0.717, 1.165) is 31.2 Å². The van der Waals surface area contributed by atoms with Crippen LogP contribution in [0, 0.1) is 0 Å². The maximum absolute atomic E-state index is 13.0. The molecule has 0 radical (unpaired) electrons. The number of benzene rings is 1. The zero-order valence-electron chi connectivity index (χ0n) is 13.0. The van der Waals surface area contributed by atoms with Crippen molar-refractivity contribution in [2.24, 2.45) is 0 Å². The molecule has 2 heterocycles. The molecule has 1 N–H and O–H groups in total. The number of hydrogen-bond acceptors (Lipinski definition) is 3. The fraction of sp³-hybridized carbons (Fsp3) is 0.444. The van der Waals surface area contributed by atoms with Crippen molar-refractivity contribution in [1.82, 2.24) is 9.88 Å². The summed E-state index contributed by atoms with van der Waals surface area (Å²) in [5.41, 5.74) is 0.796. The minimum absolute atomic E-state index is 0.107. The third-order valence-electron chi connectivity index (χ3n) is 5.01. The third-order valence-corrected chi connectivity index (χ3v) is 5.01. The standard InChI is InChI=1S/C18H20N2O3/c21-17-12-5-1-2-6-14(12)19-11-13(17)18(22)20-9-10-23-16-8-4-3-7-15(16)20/h1-2,5-6,11,15-16H,3-4,7-10H2,(H,19,21)/t15-,16-/m0/s1. The molecular formula is C18H20N2O3. The molecule has 2 fully saturated rings. The minimum atomic E-state index is -0.191. The molecule has 0 unspecified atom stereocenters. The van der Waals surface area contributed by atoms with E-state index in [1.807, 2.05) is 23.1 Å². The molecule has 0 spiro atoms. The van der Waals surface area contributed by atoms with Crippen LogP contribution in [0.2, 0.25) is 0 Å². The van der Waals surface area contributed by atoms with Crippen molar-refractivity contribution in [2.45, 2.75) is 37.8 Å². The molecule has 1 aliphatic heterocycles. The Morgan fingerprint density at radius 2 is 2.04 bits per heavy atom. The average molecular weight is 312 g/mol. The van der Waals surface area contributed by atoms with Crippen LogP contribution in [0.4, 0.5) is 0 Å². The first-order valence-electron chi connectivity index (χ1n) is 8.29. The summed E-state index contributed by atoms with van der Waals surface area (Å²) in [6.45, 7) is 1.12. The van der Waals surface area contributed by atoms with Crippen LogP contribution >= 0.6 is 0 Å². The van der Waals surface area contributed by atoms with Crippen molar-refractivity contribution in [3.63, 3.8) is 0 Å². The third kappa shape index (κ3) is 2.45. The summed E-state index contributed by atoms with van der Waals surface area (Å²) in [5, 5.41) is 0.562. The van der Waals surface area contributed by atoms with E-state index in [1.54, 1.807) is 12.3 Å². The van der Waals surface area contributed by atoms with Gasteiger partial charge in [-0.3, -0.25) is 9.59 Å². The van der Waals surface area contributed by atoms with E-state index < -0.39 is 0 Å². The van der Waals surface area contributed by atoms with Gasteiger partial charge in [0.25, 0.3) is 5.91 Å². The van der Waals surface area contributed by atoms with Crippen LogP contribution in [0.1, 0.15) is 36.0 Å². The number of aromatic amines is 1. The number of para-hydroxylation sites is 1. The Kier molecular flexibility index (Phi) is 3.65. The highest BCUT2D eigenvalue weighted by Crippen LogP contribution is 2.29. The Balaban J connectivity index is 1.71. The second kappa shape index (κ2) is 5.81. The first-order chi connectivity index (χ1) is 11.3. The molecular weight excluding hydrogens is 292 g/mol. The molecule has 1 saturated heterocycles. The summed E-state index contributed by atoms with van der Waals surface area (Å²) < 4.78 is 5.82. The predicted octanol–water partition coefficient (Wildman–Crippen LogP) is 2.31. The van der Waals surface area contributed by atoms with Gasteiger partial charge in [0.2, 0.25) is 5.43 Å². The van der Waals surface area contributed by atoms with Crippen molar-refractivity contribution in [3.05, 3.63) is 46.2 Å². The molecule has 2 aromatic rings. The Hall–Kier alpha value is -2.14. The van der Waals surface area contributed by atoms with E-state index in [4.69, 9.17) is 4.74 Å². The molecule has 1 saturated carbocycles. The zero-order valence-corrected chi connectivity index (χ0v) is 13.0. The Bertz CT molecular complexity index is 796. The van der Waals surface area contributed by atoms with Gasteiger partial charge >= 0.3 is 0 Å². The van der Waals surface area contributed by atoms with E-state index >= 15 is 0 Å². The Morgan fingerprint density at radius 1 is 1.22 bits per heavy atom. The minimum Gasteiger partial charge on any atom is -0.374 e. The number of hydrogen-bond donors (Lipinski definition) is 1. The largest absolute Gasteiger partial charge is 0.374 e. The van der Waals surface area contributed by atoms with E-state index in [0.29, 0.717) is 18.5 Å². The second-order valence-corrected chi connectivity index (χ2v) is 6.34. The molecule has 1 aromatic carbocycles. The summed E-state index contributed by atoms with van der Waals surface area (Å²) in [7, 11) is 0. The van der Waals surface area contributed by atoms with E-state index in [-0.39, 0.29) is 29.0 Å². The van der Waals surface area contributed by atoms with Gasteiger partial charge in [-0.25, -0.2) is 0 Å². The highest BCUT2D eigenvalue weighted by molar-refractivity contribution is 5.97. The van der Waals surface area contributed by atoms with Gasteiger partial charge in [0.1, 0.15) is 5.56 Å².